The number of nitrogens with one attached hydrogen (secondary N) is 2. The highest BCUT2D eigenvalue weighted by Gasteiger charge is 2.26. The fourth-order valence-corrected chi connectivity index (χ4v) is 5.81. The Bertz CT molecular complexity index is 1160. The first kappa shape index (κ1) is 22.9. The van der Waals surface area contributed by atoms with Crippen LogP contribution in [0.25, 0.3) is 10.2 Å². The maximum absolute atomic E-state index is 12.8. The van der Waals surface area contributed by atoms with Crippen LogP contribution in [0.1, 0.15) is 22.0 Å². The molecule has 1 amide bonds. The lowest BCUT2D eigenvalue weighted by molar-refractivity contribution is -0.126. The van der Waals surface area contributed by atoms with Crippen molar-refractivity contribution in [2.45, 2.75) is 19.0 Å². The number of carbonyl (C=O) groups excluding carboxylic acids is 1. The molecule has 2 aliphatic rings. The standard InChI is InChI=1S/C25H30N6O2S/c32-16-20(18-5-2-1-3-6-18)29-24-23-19-8-12-31(15-21(19)34-25(23)28-17-27-24)22(33)7-4-11-30-13-9-26-10-14-30/h1-7,17,20,26,32H,8-16H2,(H,27,28,29)/b7-4+/t20-/m1/s1. The zero-order chi connectivity index (χ0) is 23.3. The summed E-state index contributed by atoms with van der Waals surface area (Å²) in [6.45, 7) is 6.09. The summed E-state index contributed by atoms with van der Waals surface area (Å²) in [5.41, 5.74) is 2.21. The number of rotatable bonds is 7. The van der Waals surface area contributed by atoms with Gasteiger partial charge in [0.1, 0.15) is 17.0 Å². The fraction of sp³-hybridized carbons (Fsp3) is 0.400. The van der Waals surface area contributed by atoms with Crippen LogP contribution in [0.2, 0.25) is 0 Å². The molecule has 9 heteroatoms. The Hall–Kier alpha value is -2.85. The summed E-state index contributed by atoms with van der Waals surface area (Å²) in [6, 6.07) is 9.63. The molecule has 178 valence electrons. The summed E-state index contributed by atoms with van der Waals surface area (Å²) in [6.07, 6.45) is 6.04. The number of hydrogen-bond acceptors (Lipinski definition) is 8. The number of amides is 1. The summed E-state index contributed by atoms with van der Waals surface area (Å²) >= 11 is 1.63. The molecule has 0 radical (unpaired) electrons. The number of aliphatic hydroxyl groups excluding tert-OH is 1. The molecule has 3 aromatic rings. The molecule has 0 spiro atoms. The molecule has 1 aromatic carbocycles. The molecule has 2 aromatic heterocycles. The highest BCUT2D eigenvalue weighted by atomic mass is 32.1. The zero-order valence-corrected chi connectivity index (χ0v) is 19.9. The Kier molecular flexibility index (Phi) is 7.15. The van der Waals surface area contributed by atoms with Crippen LogP contribution in [-0.4, -0.2) is 76.7 Å². The van der Waals surface area contributed by atoms with Gasteiger partial charge in [0.15, 0.2) is 0 Å². The van der Waals surface area contributed by atoms with E-state index in [1.54, 1.807) is 23.7 Å². The Morgan fingerprint density at radius 2 is 2.03 bits per heavy atom. The highest BCUT2D eigenvalue weighted by molar-refractivity contribution is 7.19. The van der Waals surface area contributed by atoms with E-state index in [1.807, 2.05) is 41.3 Å². The first-order valence-electron chi connectivity index (χ1n) is 11.8. The third-order valence-corrected chi connectivity index (χ3v) is 7.60. The number of aromatic nitrogens is 2. The molecule has 2 aliphatic heterocycles. The molecule has 5 rings (SSSR count). The van der Waals surface area contributed by atoms with E-state index in [4.69, 9.17) is 0 Å². The minimum absolute atomic E-state index is 0.0373. The summed E-state index contributed by atoms with van der Waals surface area (Å²) < 4.78 is 0. The first-order chi connectivity index (χ1) is 16.7. The van der Waals surface area contributed by atoms with Gasteiger partial charge in [-0.3, -0.25) is 9.69 Å². The van der Waals surface area contributed by atoms with Crippen molar-refractivity contribution in [3.63, 3.8) is 0 Å². The average molecular weight is 479 g/mol. The monoisotopic (exact) mass is 478 g/mol. The molecule has 0 bridgehead atoms. The molecule has 0 aliphatic carbocycles. The molecule has 1 atom stereocenters. The number of aliphatic hydroxyl groups is 1. The summed E-state index contributed by atoms with van der Waals surface area (Å²) in [5.74, 6) is 0.799. The highest BCUT2D eigenvalue weighted by Crippen LogP contribution is 2.38. The van der Waals surface area contributed by atoms with Crippen LogP contribution in [0.3, 0.4) is 0 Å². The number of fused-ring (bicyclic) bond motifs is 3. The van der Waals surface area contributed by atoms with E-state index in [0.29, 0.717) is 13.1 Å². The summed E-state index contributed by atoms with van der Waals surface area (Å²) in [5, 5.41) is 17.8. The molecule has 34 heavy (non-hydrogen) atoms. The third-order valence-electron chi connectivity index (χ3n) is 6.48. The second kappa shape index (κ2) is 10.6. The molecule has 0 unspecified atom stereocenters. The van der Waals surface area contributed by atoms with Gasteiger partial charge in [-0.25, -0.2) is 9.97 Å². The number of nitrogens with zero attached hydrogens (tertiary/aromatic N) is 4. The van der Waals surface area contributed by atoms with Crippen molar-refractivity contribution in [2.75, 3.05) is 51.2 Å². The smallest absolute Gasteiger partial charge is 0.246 e. The van der Waals surface area contributed by atoms with Crippen LogP contribution in [0, 0.1) is 0 Å². The van der Waals surface area contributed by atoms with Gasteiger partial charge in [0.25, 0.3) is 0 Å². The van der Waals surface area contributed by atoms with Crippen molar-refractivity contribution in [3.8, 4) is 0 Å². The largest absolute Gasteiger partial charge is 0.394 e. The quantitative estimate of drug-likeness (QED) is 0.448. The van der Waals surface area contributed by atoms with E-state index >= 15 is 0 Å². The number of carbonyl (C=O) groups is 1. The molecule has 4 heterocycles. The van der Waals surface area contributed by atoms with Gasteiger partial charge in [0.05, 0.1) is 24.6 Å². The SMILES string of the molecule is O=C(/C=C/CN1CCNCC1)N1CCc2c(sc3ncnc(N[C@H](CO)c4ccccc4)c23)C1. The number of benzene rings is 1. The molecular formula is C25H30N6O2S. The van der Waals surface area contributed by atoms with Crippen LogP contribution in [0.15, 0.2) is 48.8 Å². The van der Waals surface area contributed by atoms with Gasteiger partial charge < -0.3 is 20.6 Å². The fourth-order valence-electron chi connectivity index (χ4n) is 4.61. The number of thiophene rings is 1. The lowest BCUT2D eigenvalue weighted by atomic mass is 10.0. The number of hydrogen-bond donors (Lipinski definition) is 3. The minimum atomic E-state index is -0.252. The van der Waals surface area contributed by atoms with Crippen LogP contribution in [0.5, 0.6) is 0 Å². The first-order valence-corrected chi connectivity index (χ1v) is 12.6. The van der Waals surface area contributed by atoms with E-state index in [0.717, 1.165) is 65.6 Å². The van der Waals surface area contributed by atoms with Crippen molar-refractivity contribution in [1.29, 1.82) is 0 Å². The number of anilines is 1. The second-order valence-corrected chi connectivity index (χ2v) is 9.74. The normalized spacial score (nSPS) is 17.7. The van der Waals surface area contributed by atoms with Gasteiger partial charge >= 0.3 is 0 Å². The Labute approximate surface area is 203 Å². The average Bonchev–Trinajstić information content (AvgIpc) is 3.27. The van der Waals surface area contributed by atoms with Crippen LogP contribution in [0.4, 0.5) is 5.82 Å². The Morgan fingerprint density at radius 1 is 1.21 bits per heavy atom. The molecule has 1 fully saturated rings. The third kappa shape index (κ3) is 4.97. The molecule has 8 nitrogen and oxygen atoms in total. The minimum Gasteiger partial charge on any atom is -0.394 e. The predicted octanol–water partition coefficient (Wildman–Crippen LogP) is 2.18. The van der Waals surface area contributed by atoms with Gasteiger partial charge in [0.2, 0.25) is 5.91 Å². The van der Waals surface area contributed by atoms with E-state index in [9.17, 15) is 9.90 Å². The van der Waals surface area contributed by atoms with Gasteiger partial charge in [0, 0.05) is 50.2 Å². The van der Waals surface area contributed by atoms with Gasteiger partial charge in [-0.2, -0.15) is 0 Å². The van der Waals surface area contributed by atoms with Crippen LogP contribution >= 0.6 is 11.3 Å². The van der Waals surface area contributed by atoms with Crippen LogP contribution in [-0.2, 0) is 17.8 Å². The van der Waals surface area contributed by atoms with Gasteiger partial charge in [-0.05, 0) is 17.5 Å². The van der Waals surface area contributed by atoms with E-state index < -0.39 is 0 Å². The second-order valence-electron chi connectivity index (χ2n) is 8.66. The summed E-state index contributed by atoms with van der Waals surface area (Å²) in [4.78, 5) is 28.2. The van der Waals surface area contributed by atoms with Crippen molar-refractivity contribution in [1.82, 2.24) is 25.1 Å². The molecule has 0 saturated carbocycles. The summed E-state index contributed by atoms with van der Waals surface area (Å²) in [7, 11) is 0. The van der Waals surface area contributed by atoms with Gasteiger partial charge in [-0.15, -0.1) is 11.3 Å². The van der Waals surface area contributed by atoms with Crippen molar-refractivity contribution >= 4 is 33.3 Å². The molecule has 1 saturated heterocycles. The van der Waals surface area contributed by atoms with E-state index in [-0.39, 0.29) is 18.6 Å². The van der Waals surface area contributed by atoms with E-state index in [1.165, 1.54) is 5.56 Å². The Morgan fingerprint density at radius 3 is 2.82 bits per heavy atom. The Balaban J connectivity index is 1.30. The topological polar surface area (TPSA) is 93.6 Å². The zero-order valence-electron chi connectivity index (χ0n) is 19.1. The van der Waals surface area contributed by atoms with Crippen molar-refractivity contribution in [2.24, 2.45) is 0 Å². The lowest BCUT2D eigenvalue weighted by Gasteiger charge is -2.27. The lowest BCUT2D eigenvalue weighted by Crippen LogP contribution is -2.43. The van der Waals surface area contributed by atoms with Crippen molar-refractivity contribution in [3.05, 3.63) is 64.8 Å². The molecular weight excluding hydrogens is 448 g/mol. The van der Waals surface area contributed by atoms with Crippen LogP contribution < -0.4 is 10.6 Å². The predicted molar refractivity (Wildman–Crippen MR) is 135 cm³/mol. The maximum Gasteiger partial charge on any atom is 0.246 e. The number of piperazine rings is 1. The maximum atomic E-state index is 12.8. The van der Waals surface area contributed by atoms with Gasteiger partial charge in [-0.1, -0.05) is 36.4 Å². The van der Waals surface area contributed by atoms with Crippen molar-refractivity contribution < 1.29 is 9.90 Å². The van der Waals surface area contributed by atoms with E-state index in [2.05, 4.69) is 25.5 Å². The molecule has 3 N–H and O–H groups in total.